The first-order valence-corrected chi connectivity index (χ1v) is 6.14. The van der Waals surface area contributed by atoms with Crippen LogP contribution in [0.1, 0.15) is 26.3 Å². The lowest BCUT2D eigenvalue weighted by Gasteiger charge is -2.18. The molecule has 0 spiro atoms. The predicted molar refractivity (Wildman–Crippen MR) is 77.6 cm³/mol. The number of rotatable bonds is 1. The van der Waals surface area contributed by atoms with Gasteiger partial charge >= 0.3 is 0 Å². The summed E-state index contributed by atoms with van der Waals surface area (Å²) in [5.41, 5.74) is 14.3. The van der Waals surface area contributed by atoms with Gasteiger partial charge in [-0.3, -0.25) is 9.59 Å². The van der Waals surface area contributed by atoms with Gasteiger partial charge in [0.05, 0.1) is 22.5 Å². The SMILES string of the molecule is Cc1cccc(N)c1N1C(=O)c2ccc(N)cc2C1=O. The zero-order valence-corrected chi connectivity index (χ0v) is 10.9. The van der Waals surface area contributed by atoms with Crippen molar-refractivity contribution < 1.29 is 9.59 Å². The lowest BCUT2D eigenvalue weighted by Crippen LogP contribution is -2.30. The van der Waals surface area contributed by atoms with Crippen LogP contribution >= 0.6 is 0 Å². The quantitative estimate of drug-likeness (QED) is 0.610. The summed E-state index contributed by atoms with van der Waals surface area (Å²) >= 11 is 0. The molecule has 2 aromatic rings. The number of hydrogen-bond acceptors (Lipinski definition) is 4. The second-order valence-electron chi connectivity index (χ2n) is 4.76. The van der Waals surface area contributed by atoms with Gasteiger partial charge in [0.15, 0.2) is 0 Å². The zero-order valence-electron chi connectivity index (χ0n) is 10.9. The molecule has 0 atom stereocenters. The zero-order chi connectivity index (χ0) is 14.4. The van der Waals surface area contributed by atoms with Gasteiger partial charge in [-0.2, -0.15) is 0 Å². The average molecular weight is 267 g/mol. The Bertz CT molecular complexity index is 733. The van der Waals surface area contributed by atoms with Crippen molar-refractivity contribution in [2.24, 2.45) is 0 Å². The van der Waals surface area contributed by atoms with E-state index >= 15 is 0 Å². The second-order valence-corrected chi connectivity index (χ2v) is 4.76. The summed E-state index contributed by atoms with van der Waals surface area (Å²) in [6, 6.07) is 9.95. The molecule has 0 radical (unpaired) electrons. The number of nitrogens with two attached hydrogens (primary N) is 2. The van der Waals surface area contributed by atoms with E-state index in [9.17, 15) is 9.59 Å². The molecule has 0 aliphatic carbocycles. The van der Waals surface area contributed by atoms with Crippen molar-refractivity contribution in [3.05, 3.63) is 53.1 Å². The molecular formula is C15H13N3O2. The smallest absolute Gasteiger partial charge is 0.266 e. The van der Waals surface area contributed by atoms with Crippen LogP contribution in [0.4, 0.5) is 17.1 Å². The predicted octanol–water partition coefficient (Wildman–Crippen LogP) is 1.96. The molecule has 2 amide bonds. The van der Waals surface area contributed by atoms with E-state index < -0.39 is 5.91 Å². The van der Waals surface area contributed by atoms with Crippen molar-refractivity contribution in [2.75, 3.05) is 16.4 Å². The van der Waals surface area contributed by atoms with Crippen molar-refractivity contribution >= 4 is 28.9 Å². The molecule has 5 nitrogen and oxygen atoms in total. The van der Waals surface area contributed by atoms with Gasteiger partial charge in [0.1, 0.15) is 0 Å². The summed E-state index contributed by atoms with van der Waals surface area (Å²) < 4.78 is 0. The van der Waals surface area contributed by atoms with Crippen LogP contribution < -0.4 is 16.4 Å². The number of anilines is 3. The molecule has 1 heterocycles. The van der Waals surface area contributed by atoms with E-state index in [4.69, 9.17) is 11.5 Å². The first kappa shape index (κ1) is 12.2. The van der Waals surface area contributed by atoms with Crippen LogP contribution in [0.25, 0.3) is 0 Å². The number of carbonyl (C=O) groups is 2. The van der Waals surface area contributed by atoms with Crippen LogP contribution in [0.15, 0.2) is 36.4 Å². The van der Waals surface area contributed by atoms with Crippen molar-refractivity contribution in [1.82, 2.24) is 0 Å². The molecule has 0 saturated carbocycles. The maximum atomic E-state index is 12.5. The number of hydrogen-bond donors (Lipinski definition) is 2. The largest absolute Gasteiger partial charge is 0.399 e. The van der Waals surface area contributed by atoms with Crippen LogP contribution in [0.2, 0.25) is 0 Å². The minimum atomic E-state index is -0.390. The van der Waals surface area contributed by atoms with E-state index in [1.807, 2.05) is 13.0 Å². The molecular weight excluding hydrogens is 254 g/mol. The van der Waals surface area contributed by atoms with Crippen LogP contribution in [-0.4, -0.2) is 11.8 Å². The number of amides is 2. The van der Waals surface area contributed by atoms with Gasteiger partial charge in [0.2, 0.25) is 0 Å². The minimum absolute atomic E-state index is 0.317. The lowest BCUT2D eigenvalue weighted by molar-refractivity contribution is 0.0926. The highest BCUT2D eigenvalue weighted by atomic mass is 16.2. The Balaban J connectivity index is 2.20. The highest BCUT2D eigenvalue weighted by molar-refractivity contribution is 6.35. The number of fused-ring (bicyclic) bond motifs is 1. The molecule has 3 rings (SSSR count). The highest BCUT2D eigenvalue weighted by Gasteiger charge is 2.38. The number of aryl methyl sites for hydroxylation is 1. The number of carbonyl (C=O) groups excluding carboxylic acids is 2. The number of nitrogens with zero attached hydrogens (tertiary/aromatic N) is 1. The van der Waals surface area contributed by atoms with E-state index in [0.29, 0.717) is 28.2 Å². The molecule has 0 saturated heterocycles. The van der Waals surface area contributed by atoms with Crippen molar-refractivity contribution in [2.45, 2.75) is 6.92 Å². The molecule has 0 bridgehead atoms. The number of benzene rings is 2. The van der Waals surface area contributed by atoms with Crippen molar-refractivity contribution in [3.63, 3.8) is 0 Å². The summed E-state index contributed by atoms with van der Waals surface area (Å²) in [7, 11) is 0. The molecule has 1 aliphatic rings. The van der Waals surface area contributed by atoms with Gasteiger partial charge in [-0.05, 0) is 36.8 Å². The highest BCUT2D eigenvalue weighted by Crippen LogP contribution is 2.35. The topological polar surface area (TPSA) is 89.4 Å². The van der Waals surface area contributed by atoms with E-state index in [0.717, 1.165) is 10.5 Å². The van der Waals surface area contributed by atoms with E-state index in [1.54, 1.807) is 24.3 Å². The molecule has 5 heteroatoms. The lowest BCUT2D eigenvalue weighted by atomic mass is 10.1. The number of nitrogen functional groups attached to an aromatic ring is 2. The van der Waals surface area contributed by atoms with Gasteiger partial charge in [-0.25, -0.2) is 4.90 Å². The summed E-state index contributed by atoms with van der Waals surface area (Å²) in [5, 5.41) is 0. The molecule has 20 heavy (non-hydrogen) atoms. The van der Waals surface area contributed by atoms with E-state index in [2.05, 4.69) is 0 Å². The Hall–Kier alpha value is -2.82. The normalized spacial score (nSPS) is 13.8. The third kappa shape index (κ3) is 1.56. The fourth-order valence-corrected chi connectivity index (χ4v) is 2.45. The standard InChI is InChI=1S/C15H13N3O2/c1-8-3-2-4-12(17)13(8)18-14(19)10-6-5-9(16)7-11(10)15(18)20/h2-7H,16-17H2,1H3. The van der Waals surface area contributed by atoms with E-state index in [1.165, 1.54) is 6.07 Å². The van der Waals surface area contributed by atoms with Crippen LogP contribution in [0.3, 0.4) is 0 Å². The summed E-state index contributed by atoms with van der Waals surface area (Å²) in [5.74, 6) is -0.760. The molecule has 100 valence electrons. The Morgan fingerprint density at radius 3 is 2.35 bits per heavy atom. The molecule has 1 aliphatic heterocycles. The third-order valence-corrected chi connectivity index (χ3v) is 3.40. The van der Waals surface area contributed by atoms with Gasteiger partial charge < -0.3 is 11.5 Å². The minimum Gasteiger partial charge on any atom is -0.399 e. The average Bonchev–Trinajstić information content (AvgIpc) is 2.63. The Morgan fingerprint density at radius 2 is 1.65 bits per heavy atom. The molecule has 4 N–H and O–H groups in total. The Morgan fingerprint density at radius 1 is 0.950 bits per heavy atom. The molecule has 0 unspecified atom stereocenters. The Kier molecular flexibility index (Phi) is 2.50. The summed E-state index contributed by atoms with van der Waals surface area (Å²) in [6.45, 7) is 1.81. The van der Waals surface area contributed by atoms with Crippen molar-refractivity contribution in [1.29, 1.82) is 0 Å². The second kappa shape index (κ2) is 4.09. The maximum Gasteiger partial charge on any atom is 0.266 e. The molecule has 0 aromatic heterocycles. The fourth-order valence-electron chi connectivity index (χ4n) is 2.45. The van der Waals surface area contributed by atoms with E-state index in [-0.39, 0.29) is 5.91 Å². The van der Waals surface area contributed by atoms with Crippen LogP contribution in [0, 0.1) is 6.92 Å². The fraction of sp³-hybridized carbons (Fsp3) is 0.0667. The van der Waals surface area contributed by atoms with Gasteiger partial charge in [-0.15, -0.1) is 0 Å². The summed E-state index contributed by atoms with van der Waals surface area (Å²) in [4.78, 5) is 26.0. The van der Waals surface area contributed by atoms with Gasteiger partial charge in [-0.1, -0.05) is 12.1 Å². The first-order chi connectivity index (χ1) is 9.50. The van der Waals surface area contributed by atoms with Gasteiger partial charge in [0, 0.05) is 5.69 Å². The maximum absolute atomic E-state index is 12.5. The number of para-hydroxylation sites is 1. The van der Waals surface area contributed by atoms with Crippen LogP contribution in [-0.2, 0) is 0 Å². The molecule has 2 aromatic carbocycles. The number of imide groups is 1. The summed E-state index contributed by atoms with van der Waals surface area (Å²) in [6.07, 6.45) is 0. The van der Waals surface area contributed by atoms with Crippen molar-refractivity contribution in [3.8, 4) is 0 Å². The monoisotopic (exact) mass is 267 g/mol. The first-order valence-electron chi connectivity index (χ1n) is 6.14. The van der Waals surface area contributed by atoms with Crippen LogP contribution in [0.5, 0.6) is 0 Å². The molecule has 0 fully saturated rings. The van der Waals surface area contributed by atoms with Gasteiger partial charge in [0.25, 0.3) is 11.8 Å². The third-order valence-electron chi connectivity index (χ3n) is 3.40. The Labute approximate surface area is 115 Å².